The van der Waals surface area contributed by atoms with Crippen LogP contribution in [0.15, 0.2) is 30.3 Å². The molecule has 0 aliphatic carbocycles. The third-order valence-corrected chi connectivity index (χ3v) is 4.51. The third kappa shape index (κ3) is 4.29. The van der Waals surface area contributed by atoms with E-state index in [-0.39, 0.29) is 19.1 Å². The number of carbonyl (C=O) groups is 1. The van der Waals surface area contributed by atoms with Gasteiger partial charge < -0.3 is 20.6 Å². The molecule has 6 heteroatoms. The fourth-order valence-electron chi connectivity index (χ4n) is 3.12. The highest BCUT2D eigenvalue weighted by Crippen LogP contribution is 2.25. The van der Waals surface area contributed by atoms with Crippen LogP contribution in [0.25, 0.3) is 0 Å². The van der Waals surface area contributed by atoms with Gasteiger partial charge >= 0.3 is 0 Å². The number of hydrogen-bond donors (Lipinski definition) is 4. The summed E-state index contributed by atoms with van der Waals surface area (Å²) in [7, 11) is 0. The first-order valence-corrected chi connectivity index (χ1v) is 8.11. The second-order valence-corrected chi connectivity index (χ2v) is 5.93. The molecule has 1 aliphatic heterocycles. The molecule has 128 valence electrons. The maximum atomic E-state index is 11.5. The average Bonchev–Trinajstić information content (AvgIpc) is 2.81. The quantitative estimate of drug-likeness (QED) is 0.544. The summed E-state index contributed by atoms with van der Waals surface area (Å²) in [4.78, 5) is 13.4. The Bertz CT molecular complexity index is 497. The Hall–Kier alpha value is -1.47. The zero-order chi connectivity index (χ0) is 16.8. The highest BCUT2D eigenvalue weighted by atomic mass is 16.3. The average molecular weight is 322 g/mol. The van der Waals surface area contributed by atoms with Crippen molar-refractivity contribution in [1.29, 1.82) is 0 Å². The number of rotatable bonds is 7. The summed E-state index contributed by atoms with van der Waals surface area (Å²) in [6, 6.07) is 9.00. The van der Waals surface area contributed by atoms with Crippen molar-refractivity contribution in [2.24, 2.45) is 0 Å². The van der Waals surface area contributed by atoms with E-state index in [1.165, 1.54) is 0 Å². The Morgan fingerprint density at radius 1 is 1.17 bits per heavy atom. The maximum absolute atomic E-state index is 11.5. The van der Waals surface area contributed by atoms with E-state index in [9.17, 15) is 20.1 Å². The van der Waals surface area contributed by atoms with E-state index in [0.29, 0.717) is 13.0 Å². The monoisotopic (exact) mass is 322 g/mol. The molecule has 6 nitrogen and oxygen atoms in total. The van der Waals surface area contributed by atoms with Crippen molar-refractivity contribution in [2.45, 2.75) is 44.1 Å². The molecule has 1 aliphatic rings. The van der Waals surface area contributed by atoms with Crippen LogP contribution in [0.5, 0.6) is 0 Å². The lowest BCUT2D eigenvalue weighted by atomic mass is 10.1. The predicted molar refractivity (Wildman–Crippen MR) is 86.8 cm³/mol. The van der Waals surface area contributed by atoms with Crippen molar-refractivity contribution < 1.29 is 20.1 Å². The fourth-order valence-corrected chi connectivity index (χ4v) is 3.12. The molecule has 0 aromatic heterocycles. The Morgan fingerprint density at radius 3 is 2.43 bits per heavy atom. The van der Waals surface area contributed by atoms with E-state index in [4.69, 9.17) is 0 Å². The maximum Gasteiger partial charge on any atom is 0.219 e. The van der Waals surface area contributed by atoms with E-state index >= 15 is 0 Å². The normalized spacial score (nSPS) is 28.0. The molecule has 1 amide bonds. The Kier molecular flexibility index (Phi) is 6.53. The Morgan fingerprint density at radius 2 is 1.83 bits per heavy atom. The molecule has 1 saturated heterocycles. The number of likely N-dealkylation sites (tertiary alicyclic amines) is 1. The molecule has 0 spiro atoms. The lowest BCUT2D eigenvalue weighted by Gasteiger charge is -2.29. The van der Waals surface area contributed by atoms with Gasteiger partial charge in [-0.25, -0.2) is 0 Å². The Balaban J connectivity index is 2.04. The van der Waals surface area contributed by atoms with Crippen molar-refractivity contribution in [3.8, 4) is 0 Å². The van der Waals surface area contributed by atoms with Crippen molar-refractivity contribution >= 4 is 5.91 Å². The molecule has 1 aromatic carbocycles. The van der Waals surface area contributed by atoms with Crippen LogP contribution in [0.1, 0.15) is 18.9 Å². The standard InChI is InChI=1S/C17H26N2O4/c1-2-15(21)18-10-13-16(22)17(23)14(11-20)19(13)9-8-12-6-4-3-5-7-12/h3-7,13-14,16-17,20,22-23H,2,8-11H2,1H3,(H,18,21)/t13-,14-,16-,17-/m1/s1. The van der Waals surface area contributed by atoms with Crippen molar-refractivity contribution in [1.82, 2.24) is 10.2 Å². The highest BCUT2D eigenvalue weighted by molar-refractivity contribution is 5.75. The summed E-state index contributed by atoms with van der Waals surface area (Å²) in [5.41, 5.74) is 1.15. The summed E-state index contributed by atoms with van der Waals surface area (Å²) >= 11 is 0. The topological polar surface area (TPSA) is 93.0 Å². The first-order chi connectivity index (χ1) is 11.1. The second kappa shape index (κ2) is 8.40. The van der Waals surface area contributed by atoms with Crippen molar-refractivity contribution in [2.75, 3.05) is 19.7 Å². The van der Waals surface area contributed by atoms with Gasteiger partial charge in [0.15, 0.2) is 0 Å². The minimum atomic E-state index is -1.01. The number of aliphatic hydroxyl groups is 3. The van der Waals surface area contributed by atoms with Crippen LogP contribution >= 0.6 is 0 Å². The third-order valence-electron chi connectivity index (χ3n) is 4.51. The summed E-state index contributed by atoms with van der Waals surface area (Å²) in [5, 5.41) is 32.7. The van der Waals surface area contributed by atoms with Gasteiger partial charge in [0.1, 0.15) is 0 Å². The molecule has 4 atom stereocenters. The number of hydrogen-bond acceptors (Lipinski definition) is 5. The van der Waals surface area contributed by atoms with Crippen LogP contribution < -0.4 is 5.32 Å². The van der Waals surface area contributed by atoms with Gasteiger partial charge in [0.2, 0.25) is 5.91 Å². The number of benzene rings is 1. The molecule has 0 saturated carbocycles. The van der Waals surface area contributed by atoms with Crippen molar-refractivity contribution in [3.63, 3.8) is 0 Å². The molecule has 1 aromatic rings. The molecular formula is C17H26N2O4. The van der Waals surface area contributed by atoms with Gasteiger partial charge in [-0.1, -0.05) is 37.3 Å². The van der Waals surface area contributed by atoms with E-state index in [1.54, 1.807) is 6.92 Å². The molecule has 23 heavy (non-hydrogen) atoms. The largest absolute Gasteiger partial charge is 0.395 e. The SMILES string of the molecule is CCC(=O)NC[C@@H]1[C@@H](O)[C@H](O)[C@@H](CO)N1CCc1ccccc1. The van der Waals surface area contributed by atoms with Crippen LogP contribution in [0.2, 0.25) is 0 Å². The van der Waals surface area contributed by atoms with Gasteiger partial charge in [-0.05, 0) is 12.0 Å². The molecule has 0 radical (unpaired) electrons. The van der Waals surface area contributed by atoms with E-state index < -0.39 is 24.3 Å². The molecule has 0 unspecified atom stereocenters. The van der Waals surface area contributed by atoms with E-state index in [0.717, 1.165) is 12.0 Å². The Labute approximate surface area is 136 Å². The van der Waals surface area contributed by atoms with Crippen molar-refractivity contribution in [3.05, 3.63) is 35.9 Å². The van der Waals surface area contributed by atoms with Gasteiger partial charge in [-0.2, -0.15) is 0 Å². The molecule has 2 rings (SSSR count). The number of aliphatic hydroxyl groups excluding tert-OH is 3. The van der Waals surface area contributed by atoms with Gasteiger partial charge in [-0.3, -0.25) is 9.69 Å². The lowest BCUT2D eigenvalue weighted by molar-refractivity contribution is -0.121. The smallest absolute Gasteiger partial charge is 0.219 e. The van der Waals surface area contributed by atoms with Crippen LogP contribution in [0.4, 0.5) is 0 Å². The van der Waals surface area contributed by atoms with Gasteiger partial charge in [-0.15, -0.1) is 0 Å². The first kappa shape index (κ1) is 17.9. The summed E-state index contributed by atoms with van der Waals surface area (Å²) in [6.45, 7) is 2.39. The van der Waals surface area contributed by atoms with E-state index in [2.05, 4.69) is 5.32 Å². The summed E-state index contributed by atoms with van der Waals surface area (Å²) in [6.07, 6.45) is -0.882. The minimum Gasteiger partial charge on any atom is -0.395 e. The van der Waals surface area contributed by atoms with Crippen LogP contribution in [-0.2, 0) is 11.2 Å². The molecule has 1 heterocycles. The zero-order valence-electron chi connectivity index (χ0n) is 13.4. The highest BCUT2D eigenvalue weighted by Gasteiger charge is 2.46. The summed E-state index contributed by atoms with van der Waals surface area (Å²) in [5.74, 6) is -0.0952. The summed E-state index contributed by atoms with van der Waals surface area (Å²) < 4.78 is 0. The van der Waals surface area contributed by atoms with Crippen LogP contribution in [0.3, 0.4) is 0 Å². The number of nitrogens with one attached hydrogen (secondary N) is 1. The van der Waals surface area contributed by atoms with Crippen LogP contribution in [-0.4, -0.2) is 70.1 Å². The zero-order valence-corrected chi connectivity index (χ0v) is 13.4. The van der Waals surface area contributed by atoms with Gasteiger partial charge in [0, 0.05) is 19.5 Å². The molecular weight excluding hydrogens is 296 g/mol. The van der Waals surface area contributed by atoms with E-state index in [1.807, 2.05) is 35.2 Å². The number of amides is 1. The lowest BCUT2D eigenvalue weighted by Crippen LogP contribution is -2.48. The predicted octanol–water partition coefficient (Wildman–Crippen LogP) is -0.478. The van der Waals surface area contributed by atoms with Gasteiger partial charge in [0.25, 0.3) is 0 Å². The number of carbonyl (C=O) groups excluding carboxylic acids is 1. The molecule has 1 fully saturated rings. The number of nitrogens with zero attached hydrogens (tertiary/aromatic N) is 1. The second-order valence-electron chi connectivity index (χ2n) is 5.93. The van der Waals surface area contributed by atoms with Gasteiger partial charge in [0.05, 0.1) is 30.9 Å². The fraction of sp³-hybridized carbons (Fsp3) is 0.588. The minimum absolute atomic E-state index is 0.0952. The van der Waals surface area contributed by atoms with Crippen LogP contribution in [0, 0.1) is 0 Å². The molecule has 0 bridgehead atoms. The molecule has 4 N–H and O–H groups in total. The first-order valence-electron chi connectivity index (χ1n) is 8.11.